The number of hydrogen-bond acceptors (Lipinski definition) is 5. The highest BCUT2D eigenvalue weighted by atomic mass is 32.2. The van der Waals surface area contributed by atoms with Crippen LogP contribution in [0.4, 0.5) is 11.4 Å². The van der Waals surface area contributed by atoms with E-state index < -0.39 is 0 Å². The molecule has 5 heteroatoms. The van der Waals surface area contributed by atoms with Crippen molar-refractivity contribution in [3.63, 3.8) is 0 Å². The van der Waals surface area contributed by atoms with E-state index in [0.717, 1.165) is 37.1 Å². The fourth-order valence-electron chi connectivity index (χ4n) is 4.37. The maximum absolute atomic E-state index is 13.0. The second-order valence-corrected chi connectivity index (χ2v) is 9.98. The van der Waals surface area contributed by atoms with E-state index >= 15 is 0 Å². The van der Waals surface area contributed by atoms with Crippen molar-refractivity contribution >= 4 is 40.7 Å². The van der Waals surface area contributed by atoms with E-state index in [1.165, 1.54) is 31.2 Å². The molecule has 5 rings (SSSR count). The molecule has 0 N–H and O–H groups in total. The van der Waals surface area contributed by atoms with Crippen LogP contribution in [0, 0.1) is 0 Å². The minimum Gasteiger partial charge on any atom is -0.335 e. The molecule has 0 aromatic heterocycles. The molecule has 1 saturated carbocycles. The number of Topliss-reactive ketones (excluding diaryl/α,β-unsaturated/α-hetero) is 1. The van der Waals surface area contributed by atoms with Gasteiger partial charge in [0.2, 0.25) is 0 Å². The lowest BCUT2D eigenvalue weighted by Gasteiger charge is -2.17. The summed E-state index contributed by atoms with van der Waals surface area (Å²) in [6.45, 7) is 6.16. The molecular formula is C27H26N2OS2. The Kier molecular flexibility index (Phi) is 6.03. The Hall–Kier alpha value is -2.63. The van der Waals surface area contributed by atoms with Crippen molar-refractivity contribution in [3.8, 4) is 0 Å². The van der Waals surface area contributed by atoms with Crippen molar-refractivity contribution in [2.24, 2.45) is 0 Å². The molecule has 2 aromatic rings. The largest absolute Gasteiger partial charge is 0.335 e. The van der Waals surface area contributed by atoms with Crippen LogP contribution in [0.15, 0.2) is 104 Å². The van der Waals surface area contributed by atoms with E-state index in [0.29, 0.717) is 0 Å². The monoisotopic (exact) mass is 458 g/mol. The van der Waals surface area contributed by atoms with Gasteiger partial charge in [0, 0.05) is 34.0 Å². The van der Waals surface area contributed by atoms with Gasteiger partial charge in [-0.05, 0) is 63.1 Å². The molecule has 162 valence electrons. The molecule has 3 nitrogen and oxygen atoms in total. The summed E-state index contributed by atoms with van der Waals surface area (Å²) in [5.74, 6) is 0.186. The highest BCUT2D eigenvalue weighted by Crippen LogP contribution is 2.46. The van der Waals surface area contributed by atoms with Crippen LogP contribution in [0.5, 0.6) is 0 Å². The van der Waals surface area contributed by atoms with Crippen molar-refractivity contribution in [2.45, 2.75) is 36.5 Å². The Morgan fingerprint density at radius 2 is 1.16 bits per heavy atom. The molecule has 2 aromatic carbocycles. The Morgan fingerprint density at radius 1 is 0.719 bits per heavy atom. The molecule has 0 atom stereocenters. The third kappa shape index (κ3) is 3.84. The summed E-state index contributed by atoms with van der Waals surface area (Å²) in [6.07, 6.45) is 9.92. The fourth-order valence-corrected chi connectivity index (χ4v) is 6.63. The Labute approximate surface area is 198 Å². The van der Waals surface area contributed by atoms with Crippen LogP contribution in [0.25, 0.3) is 0 Å². The summed E-state index contributed by atoms with van der Waals surface area (Å²) >= 11 is 3.55. The molecule has 0 bridgehead atoms. The number of nitrogens with zero attached hydrogens (tertiary/aromatic N) is 2. The molecule has 0 radical (unpaired) electrons. The van der Waals surface area contributed by atoms with Crippen molar-refractivity contribution < 1.29 is 4.79 Å². The Morgan fingerprint density at radius 3 is 1.59 bits per heavy atom. The molecule has 0 spiro atoms. The zero-order chi connectivity index (χ0) is 22.1. The molecule has 2 heterocycles. The third-order valence-electron chi connectivity index (χ3n) is 6.01. The van der Waals surface area contributed by atoms with Gasteiger partial charge in [-0.1, -0.05) is 59.9 Å². The highest BCUT2D eigenvalue weighted by molar-refractivity contribution is 8.04. The van der Waals surface area contributed by atoms with Gasteiger partial charge >= 0.3 is 0 Å². The number of hydrogen-bond donors (Lipinski definition) is 0. The number of fused-ring (bicyclic) bond motifs is 2. The number of ketones is 1. The first-order valence-corrected chi connectivity index (χ1v) is 12.8. The number of allylic oxidation sites excluding steroid dienone is 6. The number of para-hydroxylation sites is 2. The Bertz CT molecular complexity index is 1100. The summed E-state index contributed by atoms with van der Waals surface area (Å²) in [6, 6.07) is 16.9. The maximum atomic E-state index is 13.0. The van der Waals surface area contributed by atoms with Crippen molar-refractivity contribution in [1.82, 2.24) is 0 Å². The number of carbonyl (C=O) groups excluding carboxylic acids is 1. The summed E-state index contributed by atoms with van der Waals surface area (Å²) in [5, 5.41) is 2.37. The molecule has 1 fully saturated rings. The third-order valence-corrected chi connectivity index (χ3v) is 8.27. The molecule has 1 aliphatic carbocycles. The lowest BCUT2D eigenvalue weighted by atomic mass is 10.1. The van der Waals surface area contributed by atoms with E-state index in [1.807, 2.05) is 12.2 Å². The normalized spacial score (nSPS) is 22.6. The molecule has 0 saturated heterocycles. The van der Waals surface area contributed by atoms with E-state index in [-0.39, 0.29) is 5.78 Å². The van der Waals surface area contributed by atoms with Crippen LogP contribution in [-0.4, -0.2) is 18.9 Å². The molecule has 32 heavy (non-hydrogen) atoms. The average Bonchev–Trinajstić information content (AvgIpc) is 3.48. The molecule has 0 unspecified atom stereocenters. The number of benzene rings is 2. The quantitative estimate of drug-likeness (QED) is 0.453. The standard InChI is InChI=1S/C27H26N2OS2/c1-3-28-21-9-5-7-11-23(21)31-25(28)17-15-19-13-14-20(27(19)30)16-18-26-29(4-2)22-10-6-8-12-24(22)32-26/h5-12,15-18H,3-4,13-14H2,1-2H3/b19-15-,20-16-,25-17-,26-18-. The molecule has 0 amide bonds. The second-order valence-electron chi connectivity index (χ2n) is 7.85. The van der Waals surface area contributed by atoms with Gasteiger partial charge < -0.3 is 9.80 Å². The zero-order valence-corrected chi connectivity index (χ0v) is 20.0. The van der Waals surface area contributed by atoms with E-state index in [9.17, 15) is 4.79 Å². The molecular weight excluding hydrogens is 432 g/mol. The number of rotatable bonds is 4. The number of carbonyl (C=O) groups is 1. The van der Waals surface area contributed by atoms with Crippen LogP contribution >= 0.6 is 23.5 Å². The average molecular weight is 459 g/mol. The van der Waals surface area contributed by atoms with Crippen molar-refractivity contribution in [3.05, 3.63) is 94.0 Å². The van der Waals surface area contributed by atoms with Gasteiger partial charge in [-0.2, -0.15) is 0 Å². The molecule has 2 aliphatic heterocycles. The second kappa shape index (κ2) is 9.08. The van der Waals surface area contributed by atoms with Gasteiger partial charge in [0.05, 0.1) is 21.4 Å². The minimum atomic E-state index is 0.186. The van der Waals surface area contributed by atoms with E-state index in [1.54, 1.807) is 23.5 Å². The summed E-state index contributed by atoms with van der Waals surface area (Å²) in [5.41, 5.74) is 4.32. The first-order chi connectivity index (χ1) is 15.7. The van der Waals surface area contributed by atoms with Crippen LogP contribution in [0.3, 0.4) is 0 Å². The maximum Gasteiger partial charge on any atom is 0.185 e. The van der Waals surface area contributed by atoms with Gasteiger partial charge in [-0.25, -0.2) is 0 Å². The van der Waals surface area contributed by atoms with Crippen LogP contribution in [0.2, 0.25) is 0 Å². The van der Waals surface area contributed by atoms with Gasteiger partial charge in [-0.3, -0.25) is 4.79 Å². The fraction of sp³-hybridized carbons (Fsp3) is 0.222. The lowest BCUT2D eigenvalue weighted by molar-refractivity contribution is -0.111. The van der Waals surface area contributed by atoms with Crippen LogP contribution in [0.1, 0.15) is 26.7 Å². The first kappa shape index (κ1) is 21.2. The van der Waals surface area contributed by atoms with Crippen molar-refractivity contribution in [2.75, 3.05) is 22.9 Å². The van der Waals surface area contributed by atoms with Gasteiger partial charge in [0.1, 0.15) is 0 Å². The minimum absolute atomic E-state index is 0.186. The lowest BCUT2D eigenvalue weighted by Crippen LogP contribution is -2.16. The number of thioether (sulfide) groups is 2. The molecule has 3 aliphatic rings. The Balaban J connectivity index is 1.33. The topological polar surface area (TPSA) is 23.6 Å². The predicted molar refractivity (Wildman–Crippen MR) is 137 cm³/mol. The van der Waals surface area contributed by atoms with Crippen molar-refractivity contribution in [1.29, 1.82) is 0 Å². The highest BCUT2D eigenvalue weighted by Gasteiger charge is 2.26. The van der Waals surface area contributed by atoms with Crippen LogP contribution < -0.4 is 9.80 Å². The summed E-state index contributed by atoms with van der Waals surface area (Å²) in [7, 11) is 0. The van der Waals surface area contributed by atoms with Gasteiger partial charge in [0.25, 0.3) is 0 Å². The van der Waals surface area contributed by atoms with Gasteiger partial charge in [-0.15, -0.1) is 0 Å². The van der Waals surface area contributed by atoms with E-state index in [4.69, 9.17) is 0 Å². The predicted octanol–water partition coefficient (Wildman–Crippen LogP) is 7.15. The first-order valence-electron chi connectivity index (χ1n) is 11.1. The number of anilines is 2. The van der Waals surface area contributed by atoms with E-state index in [2.05, 4.69) is 84.3 Å². The smallest absolute Gasteiger partial charge is 0.185 e. The summed E-state index contributed by atoms with van der Waals surface area (Å²) in [4.78, 5) is 20.2. The van der Waals surface area contributed by atoms with Gasteiger partial charge in [0.15, 0.2) is 5.78 Å². The SMILES string of the molecule is CCN1/C(=C/C=C2/CC/C(=C/C=C3\Sc4ccccc4N3CC)C2=O)Sc2ccccc21. The zero-order valence-electron chi connectivity index (χ0n) is 18.4. The van der Waals surface area contributed by atoms with Crippen LogP contribution in [-0.2, 0) is 4.79 Å². The summed E-state index contributed by atoms with van der Waals surface area (Å²) < 4.78 is 0.